The molecule has 2 N–H and O–H groups in total. The van der Waals surface area contributed by atoms with Crippen LogP contribution in [0.3, 0.4) is 0 Å². The third-order valence-electron chi connectivity index (χ3n) is 11.3. The van der Waals surface area contributed by atoms with Crippen molar-refractivity contribution in [2.75, 3.05) is 18.2 Å². The van der Waals surface area contributed by atoms with Gasteiger partial charge in [-0.05, 0) is 66.5 Å². The molecule has 0 spiro atoms. The van der Waals surface area contributed by atoms with Gasteiger partial charge in [0, 0.05) is 22.7 Å². The molecule has 4 aliphatic carbocycles. The highest BCUT2D eigenvalue weighted by Crippen LogP contribution is 2.76. The van der Waals surface area contributed by atoms with Gasteiger partial charge in [-0.2, -0.15) is 13.2 Å². The molecule has 1 saturated heterocycles. The summed E-state index contributed by atoms with van der Waals surface area (Å²) in [6.45, 7) is 4.92. The normalized spacial score (nSPS) is 44.0. The van der Waals surface area contributed by atoms with E-state index in [0.29, 0.717) is 12.0 Å². The minimum absolute atomic E-state index is 0.0593. The summed E-state index contributed by atoms with van der Waals surface area (Å²) >= 11 is 0. The van der Waals surface area contributed by atoms with Crippen molar-refractivity contribution >= 4 is 17.3 Å². The molecule has 1 aromatic rings. The van der Waals surface area contributed by atoms with E-state index < -0.39 is 76.0 Å². The molecule has 10 heteroatoms. The number of aliphatic hydroxyl groups is 2. The van der Waals surface area contributed by atoms with Gasteiger partial charge in [0.1, 0.15) is 12.8 Å². The van der Waals surface area contributed by atoms with Crippen molar-refractivity contribution in [2.24, 2.45) is 34.0 Å². The van der Waals surface area contributed by atoms with Gasteiger partial charge in [-0.3, -0.25) is 19.5 Å². The van der Waals surface area contributed by atoms with Crippen molar-refractivity contribution in [1.82, 2.24) is 0 Å². The molecular weight excluding hydrogens is 530 g/mol. The summed E-state index contributed by atoms with van der Waals surface area (Å²) in [7, 11) is 0. The Morgan fingerprint density at radius 2 is 1.93 bits per heavy atom. The number of anilines is 1. The van der Waals surface area contributed by atoms with Gasteiger partial charge in [0.15, 0.2) is 17.2 Å². The molecule has 9 atom stereocenters. The van der Waals surface area contributed by atoms with Crippen molar-refractivity contribution in [3.05, 3.63) is 53.6 Å². The number of nitrogens with zero attached hydrogens (tertiary/aromatic N) is 1. The van der Waals surface area contributed by atoms with Crippen molar-refractivity contribution in [3.8, 4) is 0 Å². The van der Waals surface area contributed by atoms with Crippen LogP contribution in [-0.4, -0.2) is 52.8 Å². The minimum Gasteiger partial charge on any atom is -0.393 e. The number of aliphatic hydroxyl groups excluding tert-OH is 2. The molecule has 9 unspecified atom stereocenters. The Morgan fingerprint density at radius 1 is 1.20 bits per heavy atom. The second kappa shape index (κ2) is 8.49. The van der Waals surface area contributed by atoms with Crippen LogP contribution in [0.5, 0.6) is 0 Å². The molecule has 4 fully saturated rings. The van der Waals surface area contributed by atoms with Gasteiger partial charge in [-0.25, -0.2) is 4.39 Å². The van der Waals surface area contributed by atoms with Crippen LogP contribution >= 0.6 is 0 Å². The molecule has 0 amide bonds. The number of carbonyl (C=O) groups excluding carboxylic acids is 2. The molecule has 0 bridgehead atoms. The van der Waals surface area contributed by atoms with Crippen molar-refractivity contribution in [1.29, 1.82) is 0 Å². The van der Waals surface area contributed by atoms with Crippen LogP contribution in [0.1, 0.15) is 45.6 Å². The summed E-state index contributed by atoms with van der Waals surface area (Å²) in [4.78, 5) is 32.2. The molecule has 40 heavy (non-hydrogen) atoms. The summed E-state index contributed by atoms with van der Waals surface area (Å²) in [6, 6.07) is 4.67. The summed E-state index contributed by atoms with van der Waals surface area (Å²) in [6.07, 6.45) is -1.98. The number of allylic oxidation sites excluding steroid dienone is 4. The zero-order chi connectivity index (χ0) is 29.0. The van der Waals surface area contributed by atoms with E-state index in [1.807, 2.05) is 20.8 Å². The Labute approximate surface area is 229 Å². The average Bonchev–Trinajstić information content (AvgIpc) is 3.35. The number of carbonyl (C=O) groups is 2. The zero-order valence-electron chi connectivity index (χ0n) is 22.5. The Balaban J connectivity index is 1.44. The van der Waals surface area contributed by atoms with Crippen LogP contribution in [0.25, 0.3) is 0 Å². The molecule has 1 aliphatic heterocycles. The number of ketones is 2. The molecule has 0 radical (unpaired) electrons. The van der Waals surface area contributed by atoms with Crippen molar-refractivity contribution < 1.29 is 42.2 Å². The zero-order valence-corrected chi connectivity index (χ0v) is 22.5. The highest BCUT2D eigenvalue weighted by atomic mass is 19.4. The first-order valence-corrected chi connectivity index (χ1v) is 13.7. The first-order chi connectivity index (χ1) is 18.6. The topological polar surface area (TPSA) is 87.1 Å². The molecule has 6 rings (SSSR count). The number of hydroxylamine groups is 1. The predicted molar refractivity (Wildman–Crippen MR) is 136 cm³/mol. The van der Waals surface area contributed by atoms with Crippen LogP contribution in [0.2, 0.25) is 0 Å². The van der Waals surface area contributed by atoms with E-state index in [0.717, 1.165) is 12.1 Å². The summed E-state index contributed by atoms with van der Waals surface area (Å²) in [5.74, 6) is -2.23. The number of Topliss-reactive ketones (excluding diaryl/α,β-unsaturated/α-hetero) is 1. The Kier molecular flexibility index (Phi) is 5.86. The quantitative estimate of drug-likeness (QED) is 0.523. The largest absolute Gasteiger partial charge is 0.416 e. The maximum atomic E-state index is 15.8. The summed E-state index contributed by atoms with van der Waals surface area (Å²) in [5, 5.41) is 23.2. The lowest BCUT2D eigenvalue weighted by molar-refractivity contribution is -0.216. The monoisotopic (exact) mass is 563 g/mol. The van der Waals surface area contributed by atoms with Gasteiger partial charge < -0.3 is 10.2 Å². The van der Waals surface area contributed by atoms with E-state index in [2.05, 4.69) is 0 Å². The minimum atomic E-state index is -4.57. The third-order valence-corrected chi connectivity index (χ3v) is 11.3. The predicted octanol–water partition coefficient (Wildman–Crippen LogP) is 4.60. The Hall–Kier alpha value is -2.56. The van der Waals surface area contributed by atoms with Crippen LogP contribution in [0.4, 0.5) is 23.2 Å². The van der Waals surface area contributed by atoms with E-state index >= 15 is 4.39 Å². The molecule has 0 aromatic heterocycles. The van der Waals surface area contributed by atoms with Gasteiger partial charge in [-0.1, -0.05) is 32.9 Å². The summed E-state index contributed by atoms with van der Waals surface area (Å²) in [5.41, 5.74) is -4.68. The van der Waals surface area contributed by atoms with Crippen LogP contribution in [0, 0.1) is 34.0 Å². The number of hydrogen-bond acceptors (Lipinski definition) is 6. The SMILES string of the molecule is CC12C=CC(=O)C=C1C(F)CC1C2C(O)CC2(C)C1(C)CC1CN(c3cccc(C(F)(F)F)c3)OC12C(=O)CO. The van der Waals surface area contributed by atoms with Crippen molar-refractivity contribution in [3.63, 3.8) is 0 Å². The maximum absolute atomic E-state index is 15.8. The second-order valence-electron chi connectivity index (χ2n) is 12.9. The molecule has 5 aliphatic rings. The average molecular weight is 564 g/mol. The lowest BCUT2D eigenvalue weighted by atomic mass is 9.41. The lowest BCUT2D eigenvalue weighted by Gasteiger charge is -2.64. The van der Waals surface area contributed by atoms with Crippen LogP contribution in [0.15, 0.2) is 48.1 Å². The van der Waals surface area contributed by atoms with E-state index in [-0.39, 0.29) is 30.9 Å². The number of halogens is 4. The highest BCUT2D eigenvalue weighted by Gasteiger charge is 2.79. The van der Waals surface area contributed by atoms with Crippen LogP contribution in [-0.2, 0) is 20.6 Å². The van der Waals surface area contributed by atoms with E-state index in [4.69, 9.17) is 4.84 Å². The maximum Gasteiger partial charge on any atom is 0.416 e. The van der Waals surface area contributed by atoms with Gasteiger partial charge in [0.2, 0.25) is 0 Å². The number of benzene rings is 1. The molecule has 6 nitrogen and oxygen atoms in total. The standard InChI is InChI=1S/C30H33F4NO5/c1-26-8-7-19(37)10-20(26)22(31)11-21-25(26)23(38)13-28(3)27(21,2)12-17-14-35(40-29(17,28)24(39)15-36)18-6-4-5-16(9-18)30(32,33)34/h4-10,17,21-23,25,36,38H,11-15H2,1-3H3. The first-order valence-electron chi connectivity index (χ1n) is 13.7. The number of hydrogen-bond donors (Lipinski definition) is 2. The molecular formula is C30H33F4NO5. The van der Waals surface area contributed by atoms with Gasteiger partial charge in [0.25, 0.3) is 0 Å². The first kappa shape index (κ1) is 27.6. The smallest absolute Gasteiger partial charge is 0.393 e. The Morgan fingerprint density at radius 3 is 2.60 bits per heavy atom. The van der Waals surface area contributed by atoms with Gasteiger partial charge >= 0.3 is 6.18 Å². The number of alkyl halides is 4. The highest BCUT2D eigenvalue weighted by molar-refractivity contribution is 6.01. The molecule has 1 heterocycles. The van der Waals surface area contributed by atoms with E-state index in [1.54, 1.807) is 6.08 Å². The molecule has 1 aromatic carbocycles. The third kappa shape index (κ3) is 3.32. The number of fused-ring (bicyclic) bond motifs is 7. The fraction of sp³-hybridized carbons (Fsp3) is 0.600. The molecule has 216 valence electrons. The fourth-order valence-corrected chi connectivity index (χ4v) is 9.40. The lowest BCUT2D eigenvalue weighted by Crippen LogP contribution is -2.67. The van der Waals surface area contributed by atoms with Crippen molar-refractivity contribution in [2.45, 2.75) is 64.1 Å². The van der Waals surface area contributed by atoms with Gasteiger partial charge in [0.05, 0.1) is 23.9 Å². The summed E-state index contributed by atoms with van der Waals surface area (Å²) < 4.78 is 56.2. The van der Waals surface area contributed by atoms with E-state index in [9.17, 15) is 33.0 Å². The Bertz CT molecular complexity index is 1340. The van der Waals surface area contributed by atoms with Gasteiger partial charge in [-0.15, -0.1) is 0 Å². The second-order valence-corrected chi connectivity index (χ2v) is 12.9. The fourth-order valence-electron chi connectivity index (χ4n) is 9.40. The van der Waals surface area contributed by atoms with E-state index in [1.165, 1.54) is 29.3 Å². The molecule has 3 saturated carbocycles. The van der Waals surface area contributed by atoms with Crippen LogP contribution < -0.4 is 5.06 Å². The number of rotatable bonds is 3.